The molecule has 38 heavy (non-hydrogen) atoms. The van der Waals surface area contributed by atoms with Crippen molar-refractivity contribution in [1.82, 2.24) is 24.0 Å². The lowest BCUT2D eigenvalue weighted by atomic mass is 10.3. The second-order valence-electron chi connectivity index (χ2n) is 7.41. The summed E-state index contributed by atoms with van der Waals surface area (Å²) in [5, 5.41) is 1.71. The number of amides is 1. The van der Waals surface area contributed by atoms with Gasteiger partial charge in [-0.3, -0.25) is 9.59 Å². The van der Waals surface area contributed by atoms with Gasteiger partial charge in [-0.1, -0.05) is 11.6 Å². The van der Waals surface area contributed by atoms with Crippen LogP contribution in [0, 0.1) is 0 Å². The van der Waals surface area contributed by atoms with Crippen molar-refractivity contribution in [2.75, 3.05) is 13.7 Å². The molecule has 1 N–H and O–H groups in total. The van der Waals surface area contributed by atoms with Gasteiger partial charge in [-0.15, -0.1) is 0 Å². The molecule has 3 rings (SSSR count). The Balaban J connectivity index is 2.04. The average Bonchev–Trinajstić information content (AvgIpc) is 2.86. The lowest BCUT2D eigenvalue weighted by Crippen LogP contribution is -2.54. The summed E-state index contributed by atoms with van der Waals surface area (Å²) in [5.41, 5.74) is -4.61. The van der Waals surface area contributed by atoms with Gasteiger partial charge in [0.25, 0.3) is 0 Å². The molecule has 0 aliphatic heterocycles. The van der Waals surface area contributed by atoms with Crippen LogP contribution in [0.3, 0.4) is 0 Å². The number of hydrogen-bond donors (Lipinski definition) is 1. The van der Waals surface area contributed by atoms with E-state index in [1.807, 2.05) is 0 Å². The SMILES string of the molecule is COC(=O)CNC(=O)Cn1c(=O)n(C)c(=O)n(-c2cc(Oc3ncc(C(F)(F)F)cc3Cl)ccc2Br)c1=O. The Morgan fingerprint density at radius 1 is 1.13 bits per heavy atom. The lowest BCUT2D eigenvalue weighted by molar-refractivity contribution is -0.141. The van der Waals surface area contributed by atoms with Crippen LogP contribution >= 0.6 is 27.5 Å². The zero-order valence-corrected chi connectivity index (χ0v) is 21.7. The van der Waals surface area contributed by atoms with E-state index in [9.17, 15) is 37.1 Å². The van der Waals surface area contributed by atoms with Crippen LogP contribution in [0.25, 0.3) is 5.69 Å². The van der Waals surface area contributed by atoms with E-state index in [4.69, 9.17) is 16.3 Å². The highest BCUT2D eigenvalue weighted by Gasteiger charge is 2.32. The monoisotopic (exact) mass is 621 g/mol. The fourth-order valence-corrected chi connectivity index (χ4v) is 3.60. The lowest BCUT2D eigenvalue weighted by Gasteiger charge is -2.14. The first-order valence-electron chi connectivity index (χ1n) is 10.2. The van der Waals surface area contributed by atoms with E-state index < -0.39 is 58.8 Å². The van der Waals surface area contributed by atoms with E-state index in [0.29, 0.717) is 26.0 Å². The number of carbonyl (C=O) groups excluding carboxylic acids is 2. The van der Waals surface area contributed by atoms with Gasteiger partial charge in [0.15, 0.2) is 0 Å². The number of pyridine rings is 1. The maximum Gasteiger partial charge on any atom is 0.417 e. The third-order valence-electron chi connectivity index (χ3n) is 4.89. The van der Waals surface area contributed by atoms with Crippen LogP contribution in [-0.2, 0) is 34.1 Å². The molecule has 0 saturated heterocycles. The molecule has 1 amide bonds. The molecule has 202 valence electrons. The van der Waals surface area contributed by atoms with Crippen LogP contribution < -0.4 is 27.1 Å². The molecule has 0 aliphatic carbocycles. The number of nitrogens with one attached hydrogen (secondary N) is 1. The van der Waals surface area contributed by atoms with Gasteiger partial charge in [0.2, 0.25) is 11.8 Å². The van der Waals surface area contributed by atoms with Crippen LogP contribution in [0.2, 0.25) is 5.02 Å². The summed E-state index contributed by atoms with van der Waals surface area (Å²) < 4.78 is 50.2. The number of halogens is 5. The third-order valence-corrected chi connectivity index (χ3v) is 5.83. The quantitative estimate of drug-likeness (QED) is 0.392. The first-order valence-corrected chi connectivity index (χ1v) is 11.4. The average molecular weight is 623 g/mol. The third kappa shape index (κ3) is 6.13. The van der Waals surface area contributed by atoms with Gasteiger partial charge in [-0.05, 0) is 34.1 Å². The van der Waals surface area contributed by atoms with Crippen LogP contribution in [0.15, 0.2) is 49.3 Å². The first kappa shape index (κ1) is 28.6. The maximum absolute atomic E-state index is 13.1. The number of hydrogen-bond acceptors (Lipinski definition) is 8. The van der Waals surface area contributed by atoms with E-state index in [1.54, 1.807) is 0 Å². The van der Waals surface area contributed by atoms with Crippen LogP contribution in [-0.4, -0.2) is 44.2 Å². The largest absolute Gasteiger partial charge is 0.468 e. The Kier molecular flexibility index (Phi) is 8.46. The summed E-state index contributed by atoms with van der Waals surface area (Å²) in [5.74, 6) is -2.13. The predicted molar refractivity (Wildman–Crippen MR) is 129 cm³/mol. The summed E-state index contributed by atoms with van der Waals surface area (Å²) >= 11 is 9.06. The number of methoxy groups -OCH3 is 1. The Morgan fingerprint density at radius 3 is 2.42 bits per heavy atom. The Labute approximate surface area is 223 Å². The van der Waals surface area contributed by atoms with Gasteiger partial charge >= 0.3 is 29.2 Å². The van der Waals surface area contributed by atoms with Gasteiger partial charge in [0.05, 0.1) is 18.4 Å². The van der Waals surface area contributed by atoms with E-state index in [2.05, 4.69) is 31.0 Å². The maximum atomic E-state index is 13.1. The molecular formula is C21H16BrClF3N5O7. The number of benzene rings is 1. The number of alkyl halides is 3. The highest BCUT2D eigenvalue weighted by atomic mass is 79.9. The van der Waals surface area contributed by atoms with Gasteiger partial charge in [-0.2, -0.15) is 13.2 Å². The minimum atomic E-state index is -4.68. The topological polar surface area (TPSA) is 144 Å². The summed E-state index contributed by atoms with van der Waals surface area (Å²) in [4.78, 5) is 65.5. The number of ether oxygens (including phenoxy) is 2. The zero-order chi connectivity index (χ0) is 28.4. The number of nitrogens with zero attached hydrogens (tertiary/aromatic N) is 4. The predicted octanol–water partition coefficient (Wildman–Crippen LogP) is 1.61. The molecule has 3 aromatic rings. The van der Waals surface area contributed by atoms with E-state index in [0.717, 1.165) is 20.2 Å². The van der Waals surface area contributed by atoms with Gasteiger partial charge in [-0.25, -0.2) is 33.1 Å². The minimum Gasteiger partial charge on any atom is -0.468 e. The van der Waals surface area contributed by atoms with Crippen molar-refractivity contribution in [3.8, 4) is 17.3 Å². The van der Waals surface area contributed by atoms with Crippen molar-refractivity contribution >= 4 is 39.4 Å². The molecule has 2 aromatic heterocycles. The molecule has 0 saturated carbocycles. The molecule has 17 heteroatoms. The molecule has 0 radical (unpaired) electrons. The number of carbonyl (C=O) groups is 2. The summed E-state index contributed by atoms with van der Waals surface area (Å²) in [6.45, 7) is -1.35. The molecule has 1 aromatic carbocycles. The smallest absolute Gasteiger partial charge is 0.417 e. The molecule has 0 aliphatic rings. The second kappa shape index (κ2) is 11.2. The summed E-state index contributed by atoms with van der Waals surface area (Å²) in [7, 11) is 2.17. The van der Waals surface area contributed by atoms with Crippen LogP contribution in [0.4, 0.5) is 13.2 Å². The van der Waals surface area contributed by atoms with Crippen LogP contribution in [0.5, 0.6) is 11.6 Å². The van der Waals surface area contributed by atoms with Crippen molar-refractivity contribution in [3.63, 3.8) is 0 Å². The fraction of sp³-hybridized carbons (Fsp3) is 0.238. The van der Waals surface area contributed by atoms with Crippen LogP contribution in [0.1, 0.15) is 5.56 Å². The number of rotatable bonds is 7. The second-order valence-corrected chi connectivity index (χ2v) is 8.67. The van der Waals surface area contributed by atoms with E-state index in [-0.39, 0.29) is 21.8 Å². The van der Waals surface area contributed by atoms with Crippen molar-refractivity contribution in [3.05, 3.63) is 77.0 Å². The molecule has 2 heterocycles. The number of esters is 1. The molecule has 12 nitrogen and oxygen atoms in total. The molecule has 0 atom stereocenters. The summed E-state index contributed by atoms with van der Waals surface area (Å²) in [6.07, 6.45) is -4.16. The molecule has 0 bridgehead atoms. The zero-order valence-electron chi connectivity index (χ0n) is 19.3. The highest BCUT2D eigenvalue weighted by Crippen LogP contribution is 2.35. The molecule has 0 spiro atoms. The Hall–Kier alpha value is -3.92. The normalized spacial score (nSPS) is 11.2. The molecular weight excluding hydrogens is 607 g/mol. The minimum absolute atomic E-state index is 0.0834. The van der Waals surface area contributed by atoms with Crippen molar-refractivity contribution < 1.29 is 32.2 Å². The summed E-state index contributed by atoms with van der Waals surface area (Å²) in [6, 6.07) is 4.47. The first-order chi connectivity index (χ1) is 17.7. The molecule has 0 unspecified atom stereocenters. The van der Waals surface area contributed by atoms with E-state index >= 15 is 0 Å². The highest BCUT2D eigenvalue weighted by molar-refractivity contribution is 9.10. The standard InChI is InChI=1S/C21H16BrClF3N5O7/c1-29-18(34)30(9-15(32)27-8-16(33)37-2)20(36)31(19(29)35)14-6-11(3-4-12(14)22)38-17-13(23)5-10(7-28-17)21(24,25)26/h3-7H,8-9H2,1-2H3,(H,27,32). The Bertz CT molecular complexity index is 1600. The number of aromatic nitrogens is 4. The van der Waals surface area contributed by atoms with Gasteiger partial charge in [0, 0.05) is 23.8 Å². The van der Waals surface area contributed by atoms with E-state index in [1.165, 1.54) is 12.1 Å². The van der Waals surface area contributed by atoms with Gasteiger partial charge in [0.1, 0.15) is 23.9 Å². The van der Waals surface area contributed by atoms with Gasteiger partial charge < -0.3 is 14.8 Å². The van der Waals surface area contributed by atoms with Crippen molar-refractivity contribution in [2.45, 2.75) is 12.7 Å². The van der Waals surface area contributed by atoms with Crippen molar-refractivity contribution in [2.24, 2.45) is 7.05 Å². The fourth-order valence-electron chi connectivity index (χ4n) is 2.98. The molecule has 0 fully saturated rings. The van der Waals surface area contributed by atoms with Crippen molar-refractivity contribution in [1.29, 1.82) is 0 Å². The Morgan fingerprint density at radius 2 is 1.82 bits per heavy atom.